The molecule has 0 bridgehead atoms. The largest absolute Gasteiger partial charge is 0.0625 e. The second kappa shape index (κ2) is 1.63. The van der Waals surface area contributed by atoms with Gasteiger partial charge in [-0.1, -0.05) is 32.6 Å². The third kappa shape index (κ3) is 0.735. The van der Waals surface area contributed by atoms with Crippen molar-refractivity contribution in [1.29, 1.82) is 0 Å². The van der Waals surface area contributed by atoms with Crippen LogP contribution in [0.1, 0.15) is 39.7 Å². The van der Waals surface area contributed by atoms with Gasteiger partial charge in [0.25, 0.3) is 0 Å². The maximum absolute atomic E-state index is 2.34. The minimum absolute atomic E-state index is 0. The Morgan fingerprint density at radius 2 is 1.83 bits per heavy atom. The average molecular weight is 94.2 g/mol. The Labute approximate surface area is 47.0 Å². The highest BCUT2D eigenvalue weighted by molar-refractivity contribution is 4.60. The van der Waals surface area contributed by atoms with Crippen LogP contribution < -0.4 is 0 Å². The zero-order chi connectivity index (χ0) is 4.41. The zero-order valence-corrected chi connectivity index (χ0v) is 4.41. The molecule has 0 unspecified atom stereocenters. The van der Waals surface area contributed by atoms with E-state index in [-0.39, 0.29) is 7.13 Å². The van der Waals surface area contributed by atoms with E-state index in [0.29, 0.717) is 0 Å². The van der Waals surface area contributed by atoms with Crippen molar-refractivity contribution in [2.24, 2.45) is 5.92 Å². The van der Waals surface area contributed by atoms with Crippen LogP contribution in [0.15, 0.2) is 0 Å². The van der Waals surface area contributed by atoms with E-state index in [0.717, 1.165) is 5.92 Å². The standard InChI is InChI=1S/C6H12.5H2/c1-6-4-2-3-5-6;;;;;/h6H,2-5H2,1H3;5*1H. The molecule has 1 aliphatic carbocycles. The molecule has 1 saturated carbocycles. The van der Waals surface area contributed by atoms with E-state index in [1.165, 1.54) is 25.7 Å². The van der Waals surface area contributed by atoms with E-state index in [1.54, 1.807) is 0 Å². The predicted octanol–water partition coefficient (Wildman–Crippen LogP) is 3.43. The van der Waals surface area contributed by atoms with Crippen LogP contribution in [-0.4, -0.2) is 0 Å². The Morgan fingerprint density at radius 1 is 1.33 bits per heavy atom. The first-order valence-electron chi connectivity index (χ1n) is 2.89. The monoisotopic (exact) mass is 94.2 g/mol. The molecule has 0 spiro atoms. The minimum atomic E-state index is 0. The van der Waals surface area contributed by atoms with Gasteiger partial charge in [0, 0.05) is 7.13 Å². The summed E-state index contributed by atoms with van der Waals surface area (Å²) in [4.78, 5) is 0. The molecule has 0 radical (unpaired) electrons. The molecule has 1 rings (SSSR count). The van der Waals surface area contributed by atoms with Crippen molar-refractivity contribution in [3.63, 3.8) is 0 Å². The fourth-order valence-corrected chi connectivity index (χ4v) is 1.13. The molecule has 0 heteroatoms. The molecular formula is C6H22. The van der Waals surface area contributed by atoms with E-state index < -0.39 is 0 Å². The normalized spacial score (nSPS) is 25.5. The van der Waals surface area contributed by atoms with Crippen molar-refractivity contribution in [2.45, 2.75) is 32.6 Å². The van der Waals surface area contributed by atoms with Gasteiger partial charge < -0.3 is 0 Å². The lowest BCUT2D eigenvalue weighted by Crippen LogP contribution is -1.78. The fraction of sp³-hybridized carbons (Fsp3) is 1.00. The molecule has 6 heavy (non-hydrogen) atoms. The van der Waals surface area contributed by atoms with Crippen molar-refractivity contribution in [1.82, 2.24) is 0 Å². The Kier molecular flexibility index (Phi) is 1.13. The smallest absolute Gasteiger partial charge is 0 e. The Hall–Kier alpha value is 0. The first-order valence-corrected chi connectivity index (χ1v) is 2.89. The van der Waals surface area contributed by atoms with Crippen LogP contribution in [0.4, 0.5) is 0 Å². The summed E-state index contributed by atoms with van der Waals surface area (Å²) < 4.78 is 0. The lowest BCUT2D eigenvalue weighted by atomic mass is 10.2. The van der Waals surface area contributed by atoms with Crippen LogP contribution in [0.2, 0.25) is 0 Å². The minimum Gasteiger partial charge on any atom is -0.0625 e. The van der Waals surface area contributed by atoms with Crippen LogP contribution in [0, 0.1) is 5.92 Å². The molecule has 0 nitrogen and oxygen atoms in total. The highest BCUT2D eigenvalue weighted by atomic mass is 14.1. The summed E-state index contributed by atoms with van der Waals surface area (Å²) in [7, 11) is 0. The van der Waals surface area contributed by atoms with Gasteiger partial charge >= 0.3 is 0 Å². The molecule has 1 fully saturated rings. The van der Waals surface area contributed by atoms with Crippen molar-refractivity contribution in [3.05, 3.63) is 0 Å². The van der Waals surface area contributed by atoms with Gasteiger partial charge in [-0.15, -0.1) is 0 Å². The van der Waals surface area contributed by atoms with Gasteiger partial charge in [0.05, 0.1) is 0 Å². The van der Waals surface area contributed by atoms with Crippen molar-refractivity contribution < 1.29 is 7.13 Å². The Balaban J connectivity index is -0.0000000240. The van der Waals surface area contributed by atoms with Gasteiger partial charge in [-0.2, -0.15) is 0 Å². The zero-order valence-electron chi connectivity index (χ0n) is 4.41. The molecule has 0 heterocycles. The summed E-state index contributed by atoms with van der Waals surface area (Å²) in [5.41, 5.74) is 0. The third-order valence-electron chi connectivity index (χ3n) is 1.64. The Morgan fingerprint density at radius 3 is 2.00 bits per heavy atom. The van der Waals surface area contributed by atoms with Crippen molar-refractivity contribution in [2.75, 3.05) is 0 Å². The number of rotatable bonds is 0. The van der Waals surface area contributed by atoms with Crippen LogP contribution >= 0.6 is 0 Å². The quantitative estimate of drug-likeness (QED) is 0.431. The molecule has 0 aromatic heterocycles. The number of hydrogen-bond donors (Lipinski definition) is 0. The molecule has 0 aromatic carbocycles. The van der Waals surface area contributed by atoms with E-state index in [2.05, 4.69) is 6.92 Å². The van der Waals surface area contributed by atoms with Gasteiger partial charge in [-0.25, -0.2) is 0 Å². The lowest BCUT2D eigenvalue weighted by Gasteiger charge is -1.91. The maximum Gasteiger partial charge on any atom is 0 e. The predicted molar refractivity (Wildman–Crippen MR) is 38.2 cm³/mol. The van der Waals surface area contributed by atoms with Crippen LogP contribution in [0.5, 0.6) is 0 Å². The highest BCUT2D eigenvalue weighted by Gasteiger charge is 2.07. The summed E-state index contributed by atoms with van der Waals surface area (Å²) in [5.74, 6) is 1.05. The van der Waals surface area contributed by atoms with Gasteiger partial charge in [0.1, 0.15) is 0 Å². The van der Waals surface area contributed by atoms with Crippen molar-refractivity contribution in [3.8, 4) is 0 Å². The second-order valence-corrected chi connectivity index (χ2v) is 2.39. The lowest BCUT2D eigenvalue weighted by molar-refractivity contribution is 0.612. The highest BCUT2D eigenvalue weighted by Crippen LogP contribution is 2.22. The maximum atomic E-state index is 2.34. The van der Waals surface area contributed by atoms with E-state index in [4.69, 9.17) is 0 Å². The topological polar surface area (TPSA) is 0 Å². The molecule has 0 aliphatic heterocycles. The third-order valence-corrected chi connectivity index (χ3v) is 1.64. The van der Waals surface area contributed by atoms with Gasteiger partial charge in [0.15, 0.2) is 0 Å². The first kappa shape index (κ1) is 4.17. The molecule has 0 saturated heterocycles. The van der Waals surface area contributed by atoms with Crippen molar-refractivity contribution >= 4 is 0 Å². The Bertz CT molecular complexity index is 44.2. The fourth-order valence-electron chi connectivity index (χ4n) is 1.13. The van der Waals surface area contributed by atoms with Crippen LogP contribution in [0.25, 0.3) is 0 Å². The molecule has 0 aromatic rings. The van der Waals surface area contributed by atoms with Crippen LogP contribution in [0.3, 0.4) is 0 Å². The van der Waals surface area contributed by atoms with Gasteiger partial charge in [-0.3, -0.25) is 0 Å². The second-order valence-electron chi connectivity index (χ2n) is 2.39. The van der Waals surface area contributed by atoms with Gasteiger partial charge in [0.2, 0.25) is 0 Å². The molecule has 0 atom stereocenters. The number of hydrogen-bond acceptors (Lipinski definition) is 0. The SMILES string of the molecule is CC1CCCC1.[HH].[HH].[HH].[HH].[HH]. The average Bonchev–Trinajstić information content (AvgIpc) is 1.86. The van der Waals surface area contributed by atoms with Crippen LogP contribution in [-0.2, 0) is 0 Å². The molecular weight excluding hydrogens is 72.1 g/mol. The molecule has 0 N–H and O–H groups in total. The van der Waals surface area contributed by atoms with E-state index in [9.17, 15) is 0 Å². The van der Waals surface area contributed by atoms with E-state index in [1.807, 2.05) is 0 Å². The summed E-state index contributed by atoms with van der Waals surface area (Å²) in [6.45, 7) is 2.34. The summed E-state index contributed by atoms with van der Waals surface area (Å²) in [6.07, 6.45) is 5.95. The van der Waals surface area contributed by atoms with E-state index >= 15 is 0 Å². The van der Waals surface area contributed by atoms with Gasteiger partial charge in [-0.05, 0) is 5.92 Å². The molecule has 46 valence electrons. The molecule has 0 amide bonds. The first-order chi connectivity index (χ1) is 2.89. The summed E-state index contributed by atoms with van der Waals surface area (Å²) in [5, 5.41) is 0. The summed E-state index contributed by atoms with van der Waals surface area (Å²) >= 11 is 0. The summed E-state index contributed by atoms with van der Waals surface area (Å²) in [6, 6.07) is 0. The molecule has 1 aliphatic rings.